The maximum absolute atomic E-state index is 8.97. The summed E-state index contributed by atoms with van der Waals surface area (Å²) in [7, 11) is 0. The molecule has 0 radical (unpaired) electrons. The Hall–Kier alpha value is -1.30. The number of hydrogen-bond donors (Lipinski definition) is 1. The van der Waals surface area contributed by atoms with Crippen LogP contribution in [0.25, 0.3) is 0 Å². The van der Waals surface area contributed by atoms with Gasteiger partial charge in [0, 0.05) is 25.2 Å². The van der Waals surface area contributed by atoms with E-state index in [-0.39, 0.29) is 12.7 Å². The van der Waals surface area contributed by atoms with E-state index in [1.807, 2.05) is 30.3 Å². The zero-order chi connectivity index (χ0) is 17.6. The van der Waals surface area contributed by atoms with Gasteiger partial charge in [-0.05, 0) is 23.8 Å². The molecule has 0 spiro atoms. The Morgan fingerprint density at radius 3 is 2.80 bits per heavy atom. The van der Waals surface area contributed by atoms with Gasteiger partial charge in [-0.25, -0.2) is 0 Å². The second-order valence-electron chi connectivity index (χ2n) is 5.95. The van der Waals surface area contributed by atoms with Gasteiger partial charge in [0.25, 0.3) is 0 Å². The van der Waals surface area contributed by atoms with Crippen molar-refractivity contribution in [1.82, 2.24) is 4.90 Å². The summed E-state index contributed by atoms with van der Waals surface area (Å²) >= 11 is 12.1. The van der Waals surface area contributed by atoms with Gasteiger partial charge in [-0.3, -0.25) is 4.90 Å². The quantitative estimate of drug-likeness (QED) is 0.822. The third-order valence-electron chi connectivity index (χ3n) is 4.18. The van der Waals surface area contributed by atoms with Crippen LogP contribution in [-0.4, -0.2) is 42.9 Å². The highest BCUT2D eigenvalue weighted by molar-refractivity contribution is 6.42. The predicted octanol–water partition coefficient (Wildman–Crippen LogP) is 3.94. The van der Waals surface area contributed by atoms with Crippen molar-refractivity contribution in [2.75, 3.05) is 32.9 Å². The summed E-state index contributed by atoms with van der Waals surface area (Å²) in [5, 5.41) is 10.1. The molecule has 1 aliphatic heterocycles. The van der Waals surface area contributed by atoms with Crippen LogP contribution in [0, 0.1) is 0 Å². The van der Waals surface area contributed by atoms with E-state index in [0.717, 1.165) is 36.5 Å². The number of nitrogens with zero attached hydrogens (tertiary/aromatic N) is 1. The monoisotopic (exact) mass is 381 g/mol. The minimum Gasteiger partial charge on any atom is -0.491 e. The topological polar surface area (TPSA) is 41.9 Å². The molecule has 25 heavy (non-hydrogen) atoms. The number of aliphatic hydroxyl groups excluding tert-OH is 1. The number of morpholine rings is 1. The molecular weight excluding hydrogens is 361 g/mol. The first kappa shape index (κ1) is 18.5. The third kappa shape index (κ3) is 4.87. The molecular formula is C19H21Cl2NO3. The number of ether oxygens (including phenoxy) is 2. The highest BCUT2D eigenvalue weighted by Crippen LogP contribution is 2.30. The molecule has 1 aliphatic rings. The van der Waals surface area contributed by atoms with Crippen molar-refractivity contribution < 1.29 is 14.6 Å². The van der Waals surface area contributed by atoms with Crippen molar-refractivity contribution in [2.45, 2.75) is 12.6 Å². The summed E-state index contributed by atoms with van der Waals surface area (Å²) in [5.41, 5.74) is 2.13. The average Bonchev–Trinajstić information content (AvgIpc) is 2.63. The molecule has 0 aromatic heterocycles. The van der Waals surface area contributed by atoms with Crippen LogP contribution in [0.1, 0.15) is 17.2 Å². The van der Waals surface area contributed by atoms with E-state index in [4.69, 9.17) is 37.8 Å². The number of rotatable bonds is 6. The first-order chi connectivity index (χ1) is 12.2. The van der Waals surface area contributed by atoms with E-state index in [1.165, 1.54) is 0 Å². The summed E-state index contributed by atoms with van der Waals surface area (Å²) in [4.78, 5) is 2.33. The van der Waals surface area contributed by atoms with E-state index >= 15 is 0 Å². The second kappa shape index (κ2) is 8.88. The maximum atomic E-state index is 8.97. The molecule has 0 saturated carbocycles. The summed E-state index contributed by atoms with van der Waals surface area (Å²) in [6, 6.07) is 13.6. The first-order valence-corrected chi connectivity index (χ1v) is 9.03. The molecule has 4 nitrogen and oxygen atoms in total. The Labute approximate surface area is 157 Å². The van der Waals surface area contributed by atoms with Gasteiger partial charge < -0.3 is 14.6 Å². The van der Waals surface area contributed by atoms with Crippen LogP contribution < -0.4 is 4.74 Å². The van der Waals surface area contributed by atoms with Crippen LogP contribution in [-0.2, 0) is 11.3 Å². The van der Waals surface area contributed by atoms with Crippen molar-refractivity contribution >= 4 is 23.2 Å². The molecule has 1 saturated heterocycles. The van der Waals surface area contributed by atoms with E-state index in [1.54, 1.807) is 6.07 Å². The molecule has 1 heterocycles. The highest BCUT2D eigenvalue weighted by atomic mass is 35.5. The van der Waals surface area contributed by atoms with E-state index in [9.17, 15) is 0 Å². The first-order valence-electron chi connectivity index (χ1n) is 8.28. The Morgan fingerprint density at radius 1 is 1.16 bits per heavy atom. The minimum atomic E-state index is -0.0333. The largest absolute Gasteiger partial charge is 0.491 e. The molecule has 0 unspecified atom stereocenters. The van der Waals surface area contributed by atoms with Gasteiger partial charge in [-0.2, -0.15) is 0 Å². The van der Waals surface area contributed by atoms with Gasteiger partial charge in [0.15, 0.2) is 0 Å². The lowest BCUT2D eigenvalue weighted by molar-refractivity contribution is -0.0331. The fourth-order valence-electron chi connectivity index (χ4n) is 2.93. The minimum absolute atomic E-state index is 0.00525. The van der Waals surface area contributed by atoms with Crippen molar-refractivity contribution in [1.29, 1.82) is 0 Å². The zero-order valence-corrected chi connectivity index (χ0v) is 15.3. The van der Waals surface area contributed by atoms with Crippen LogP contribution in [0.2, 0.25) is 10.0 Å². The fourth-order valence-corrected chi connectivity index (χ4v) is 3.24. The van der Waals surface area contributed by atoms with Crippen molar-refractivity contribution in [3.8, 4) is 5.75 Å². The smallest absolute Gasteiger partial charge is 0.123 e. The van der Waals surface area contributed by atoms with Gasteiger partial charge >= 0.3 is 0 Å². The number of para-hydroxylation sites is 1. The lowest BCUT2D eigenvalue weighted by Gasteiger charge is -2.33. The van der Waals surface area contributed by atoms with E-state index in [0.29, 0.717) is 23.3 Å². The number of benzene rings is 2. The predicted molar refractivity (Wildman–Crippen MR) is 99.5 cm³/mol. The van der Waals surface area contributed by atoms with Crippen LogP contribution in [0.15, 0.2) is 42.5 Å². The lowest BCUT2D eigenvalue weighted by Crippen LogP contribution is -2.37. The Kier molecular flexibility index (Phi) is 6.57. The number of aliphatic hydroxyl groups is 1. The van der Waals surface area contributed by atoms with Gasteiger partial charge in [0.2, 0.25) is 0 Å². The number of halogens is 2. The van der Waals surface area contributed by atoms with Crippen LogP contribution >= 0.6 is 23.2 Å². The third-order valence-corrected chi connectivity index (χ3v) is 4.92. The van der Waals surface area contributed by atoms with Crippen molar-refractivity contribution in [3.05, 3.63) is 63.6 Å². The van der Waals surface area contributed by atoms with Gasteiger partial charge in [0.1, 0.15) is 12.4 Å². The summed E-state index contributed by atoms with van der Waals surface area (Å²) < 4.78 is 11.5. The summed E-state index contributed by atoms with van der Waals surface area (Å²) in [6.45, 7) is 3.35. The molecule has 0 amide bonds. The van der Waals surface area contributed by atoms with Crippen LogP contribution in [0.5, 0.6) is 5.75 Å². The Morgan fingerprint density at radius 2 is 2.00 bits per heavy atom. The second-order valence-corrected chi connectivity index (χ2v) is 6.76. The molecule has 3 rings (SSSR count). The SMILES string of the molecule is OCCOc1ccccc1CN1CCO[C@@H](c2ccc(Cl)c(Cl)c2)C1. The molecule has 0 bridgehead atoms. The molecule has 1 fully saturated rings. The van der Waals surface area contributed by atoms with Crippen LogP contribution in [0.4, 0.5) is 0 Å². The average molecular weight is 382 g/mol. The van der Waals surface area contributed by atoms with E-state index in [2.05, 4.69) is 11.0 Å². The Balaban J connectivity index is 1.69. The fraction of sp³-hybridized carbons (Fsp3) is 0.368. The highest BCUT2D eigenvalue weighted by Gasteiger charge is 2.23. The molecule has 134 valence electrons. The molecule has 2 aromatic carbocycles. The Bertz CT molecular complexity index is 711. The molecule has 1 N–H and O–H groups in total. The maximum Gasteiger partial charge on any atom is 0.123 e. The molecule has 1 atom stereocenters. The van der Waals surface area contributed by atoms with Gasteiger partial charge in [0.05, 0.1) is 29.4 Å². The standard InChI is InChI=1S/C19H21Cl2NO3/c20-16-6-5-14(11-17(16)21)19-13-22(7-9-24-19)12-15-3-1-2-4-18(15)25-10-8-23/h1-6,11,19,23H,7-10,12-13H2/t19-/m1/s1. The van der Waals surface area contributed by atoms with E-state index < -0.39 is 0 Å². The lowest BCUT2D eigenvalue weighted by atomic mass is 10.1. The summed E-state index contributed by atoms with van der Waals surface area (Å²) in [6.07, 6.45) is -0.0333. The zero-order valence-electron chi connectivity index (χ0n) is 13.8. The molecule has 6 heteroatoms. The molecule has 2 aromatic rings. The van der Waals surface area contributed by atoms with Crippen molar-refractivity contribution in [3.63, 3.8) is 0 Å². The van der Waals surface area contributed by atoms with Gasteiger partial charge in [-0.15, -0.1) is 0 Å². The number of hydrogen-bond acceptors (Lipinski definition) is 4. The van der Waals surface area contributed by atoms with Crippen LogP contribution in [0.3, 0.4) is 0 Å². The van der Waals surface area contributed by atoms with Gasteiger partial charge in [-0.1, -0.05) is 47.5 Å². The molecule has 0 aliphatic carbocycles. The van der Waals surface area contributed by atoms with Crippen molar-refractivity contribution in [2.24, 2.45) is 0 Å². The normalized spacial score (nSPS) is 18.3. The summed E-state index contributed by atoms with van der Waals surface area (Å²) in [5.74, 6) is 0.814.